The monoisotopic (exact) mass is 230 g/mol. The summed E-state index contributed by atoms with van der Waals surface area (Å²) in [6.45, 7) is 20.3. The van der Waals surface area contributed by atoms with Gasteiger partial charge in [0, 0.05) is 0 Å². The molecule has 3 unspecified atom stereocenters. The van der Waals surface area contributed by atoms with Gasteiger partial charge < -0.3 is 0 Å². The van der Waals surface area contributed by atoms with Gasteiger partial charge in [0.25, 0.3) is 0 Å². The van der Waals surface area contributed by atoms with E-state index in [-0.39, 0.29) is 26.9 Å². The highest BCUT2D eigenvalue weighted by molar-refractivity contribution is 6.20. The number of hydrogen-bond acceptors (Lipinski definition) is 0. The summed E-state index contributed by atoms with van der Waals surface area (Å²) in [6, 6.07) is 0. The number of rotatable bonds is 0. The molecular weight excluding hydrogens is 202 g/mol. The Bertz CT molecular complexity index is 292. The molecule has 0 saturated heterocycles. The lowest BCUT2D eigenvalue weighted by atomic mass is 9.24. The molecule has 3 atom stereocenters. The van der Waals surface area contributed by atoms with Crippen LogP contribution in [-0.4, -0.2) is 15.7 Å². The maximum atomic E-state index is 6.77. The van der Waals surface area contributed by atoms with Gasteiger partial charge in [-0.1, -0.05) is 72.9 Å². The minimum Gasteiger partial charge on any atom is -0.0669 e. The molecule has 0 N–H and O–H groups in total. The predicted molar refractivity (Wildman–Crippen MR) is 78.7 cm³/mol. The van der Waals surface area contributed by atoms with Gasteiger partial charge in [0.1, 0.15) is 0 Å². The molecular formula is C15H28B2. The predicted octanol–water partition coefficient (Wildman–Crippen LogP) is 4.41. The average Bonchev–Trinajstić information content (AvgIpc) is 2.13. The van der Waals surface area contributed by atoms with Crippen LogP contribution in [0.1, 0.15) is 62.3 Å². The topological polar surface area (TPSA) is 0 Å². The van der Waals surface area contributed by atoms with E-state index < -0.39 is 0 Å². The van der Waals surface area contributed by atoms with Gasteiger partial charge in [0.15, 0.2) is 0 Å². The van der Waals surface area contributed by atoms with Crippen molar-refractivity contribution in [1.29, 1.82) is 0 Å². The fourth-order valence-electron chi connectivity index (χ4n) is 3.84. The van der Waals surface area contributed by atoms with E-state index >= 15 is 0 Å². The van der Waals surface area contributed by atoms with Crippen LogP contribution in [0.15, 0.2) is 0 Å². The Morgan fingerprint density at radius 2 is 1.06 bits per heavy atom. The van der Waals surface area contributed by atoms with Crippen molar-refractivity contribution >= 4 is 15.7 Å². The Morgan fingerprint density at radius 3 is 1.41 bits per heavy atom. The van der Waals surface area contributed by atoms with Crippen molar-refractivity contribution in [2.45, 2.75) is 72.9 Å². The molecule has 0 aromatic carbocycles. The molecule has 0 spiro atoms. The largest absolute Gasteiger partial charge is 0.0757 e. The summed E-state index contributed by atoms with van der Waals surface area (Å²) in [4.78, 5) is 0. The Kier molecular flexibility index (Phi) is 3.01. The quantitative estimate of drug-likeness (QED) is 0.540. The maximum absolute atomic E-state index is 6.77. The second-order valence-corrected chi connectivity index (χ2v) is 8.18. The van der Waals surface area contributed by atoms with Crippen molar-refractivity contribution in [3.63, 3.8) is 0 Å². The summed E-state index contributed by atoms with van der Waals surface area (Å²) in [5, 5.41) is -0.574. The van der Waals surface area contributed by atoms with Crippen LogP contribution in [-0.2, 0) is 0 Å². The summed E-state index contributed by atoms with van der Waals surface area (Å²) in [7, 11) is 13.5. The molecule has 0 heterocycles. The molecule has 0 aromatic rings. The second-order valence-electron chi connectivity index (χ2n) is 8.18. The van der Waals surface area contributed by atoms with E-state index in [0.717, 1.165) is 0 Å². The summed E-state index contributed by atoms with van der Waals surface area (Å²) in [5.41, 5.74) is 0.0236. The lowest BCUT2D eigenvalue weighted by molar-refractivity contribution is -0.128. The third kappa shape index (κ3) is 1.39. The van der Waals surface area contributed by atoms with Crippen LogP contribution in [0, 0.1) is 22.2 Å². The van der Waals surface area contributed by atoms with Crippen molar-refractivity contribution in [3.05, 3.63) is 0 Å². The lowest BCUT2D eigenvalue weighted by Gasteiger charge is -2.73. The summed E-state index contributed by atoms with van der Waals surface area (Å²) in [5.74, 6) is 0.414. The molecule has 1 aliphatic rings. The first-order valence-corrected chi connectivity index (χ1v) is 6.73. The molecule has 2 heteroatoms. The first-order chi connectivity index (χ1) is 7.15. The normalized spacial score (nSPS) is 47.7. The van der Waals surface area contributed by atoms with Crippen LogP contribution < -0.4 is 0 Å². The van der Waals surface area contributed by atoms with Crippen LogP contribution >= 0.6 is 0 Å². The van der Waals surface area contributed by atoms with Crippen LogP contribution in [0.5, 0.6) is 0 Å². The van der Waals surface area contributed by atoms with Crippen molar-refractivity contribution in [3.8, 4) is 0 Å². The molecule has 1 fully saturated rings. The minimum atomic E-state index is -0.306. The first kappa shape index (κ1) is 15.2. The average molecular weight is 230 g/mol. The smallest absolute Gasteiger partial charge is 0.0669 e. The first-order valence-electron chi connectivity index (χ1n) is 6.73. The van der Waals surface area contributed by atoms with E-state index in [9.17, 15) is 0 Å². The van der Waals surface area contributed by atoms with E-state index in [1.807, 2.05) is 0 Å². The molecule has 0 nitrogen and oxygen atoms in total. The van der Waals surface area contributed by atoms with Gasteiger partial charge in [-0.2, -0.15) is 0 Å². The molecule has 1 saturated carbocycles. The summed E-state index contributed by atoms with van der Waals surface area (Å²) >= 11 is 0. The molecule has 0 amide bonds. The Morgan fingerprint density at radius 1 is 0.706 bits per heavy atom. The van der Waals surface area contributed by atoms with Crippen molar-refractivity contribution < 1.29 is 0 Å². The zero-order chi connectivity index (χ0) is 14.1. The van der Waals surface area contributed by atoms with Crippen molar-refractivity contribution in [2.24, 2.45) is 22.2 Å². The Labute approximate surface area is 111 Å². The third-order valence-electron chi connectivity index (χ3n) is 7.54. The van der Waals surface area contributed by atoms with Gasteiger partial charge in [-0.25, -0.2) is 0 Å². The molecule has 0 bridgehead atoms. The van der Waals surface area contributed by atoms with Crippen LogP contribution in [0.4, 0.5) is 0 Å². The fourth-order valence-corrected chi connectivity index (χ4v) is 3.84. The Hall–Kier alpha value is 0.130. The van der Waals surface area contributed by atoms with E-state index in [2.05, 4.69) is 62.3 Å². The minimum absolute atomic E-state index is 0.0296. The van der Waals surface area contributed by atoms with Gasteiger partial charge >= 0.3 is 0 Å². The molecule has 94 valence electrons. The van der Waals surface area contributed by atoms with Gasteiger partial charge in [-0.15, -0.1) is 0 Å². The standard InChI is InChI=1S/C15H28B2/c1-10-11(2,3)12(4,5)15(9,17)13(6,7)14(10,8)16/h10H,1-9H3. The van der Waals surface area contributed by atoms with E-state index in [1.54, 1.807) is 0 Å². The lowest BCUT2D eigenvalue weighted by Crippen LogP contribution is -2.62. The highest BCUT2D eigenvalue weighted by Gasteiger charge is 2.66. The van der Waals surface area contributed by atoms with Gasteiger partial charge in [-0.3, -0.25) is 0 Å². The van der Waals surface area contributed by atoms with Crippen LogP contribution in [0.2, 0.25) is 10.6 Å². The second kappa shape index (κ2) is 3.36. The van der Waals surface area contributed by atoms with Crippen LogP contribution in [0.3, 0.4) is 0 Å². The molecule has 1 aliphatic carbocycles. The van der Waals surface area contributed by atoms with Gasteiger partial charge in [0.05, 0.1) is 15.7 Å². The molecule has 0 aliphatic heterocycles. The van der Waals surface area contributed by atoms with Crippen molar-refractivity contribution in [1.82, 2.24) is 0 Å². The SMILES string of the molecule is [B]C1(C)C(C)C(C)(C)C(C)(C)C([B])(C)C1(C)C. The summed E-state index contributed by atoms with van der Waals surface area (Å²) in [6.07, 6.45) is 0. The van der Waals surface area contributed by atoms with Gasteiger partial charge in [0.2, 0.25) is 0 Å². The molecule has 0 aromatic heterocycles. The van der Waals surface area contributed by atoms with Gasteiger partial charge in [-0.05, 0) is 22.2 Å². The van der Waals surface area contributed by atoms with Crippen LogP contribution in [0.25, 0.3) is 0 Å². The molecule has 4 radical (unpaired) electrons. The Balaban J connectivity index is 3.56. The zero-order valence-electron chi connectivity index (χ0n) is 13.2. The van der Waals surface area contributed by atoms with E-state index in [4.69, 9.17) is 15.7 Å². The maximum Gasteiger partial charge on any atom is 0.0757 e. The molecule has 17 heavy (non-hydrogen) atoms. The van der Waals surface area contributed by atoms with E-state index in [0.29, 0.717) is 5.92 Å². The summed E-state index contributed by atoms with van der Waals surface area (Å²) < 4.78 is 0. The highest BCUT2D eigenvalue weighted by atomic mass is 14.7. The zero-order valence-corrected chi connectivity index (χ0v) is 13.2. The number of hydrogen-bond donors (Lipinski definition) is 0. The van der Waals surface area contributed by atoms with Crippen molar-refractivity contribution in [2.75, 3.05) is 0 Å². The van der Waals surface area contributed by atoms with E-state index in [1.165, 1.54) is 0 Å². The highest BCUT2D eigenvalue weighted by Crippen LogP contribution is 2.78. The fraction of sp³-hybridized carbons (Fsp3) is 1.00. The third-order valence-corrected chi connectivity index (χ3v) is 7.54. The molecule has 1 rings (SSSR count).